The van der Waals surface area contributed by atoms with Gasteiger partial charge in [-0.3, -0.25) is 0 Å². The fourth-order valence-electron chi connectivity index (χ4n) is 3.67. The first-order valence-corrected chi connectivity index (χ1v) is 11.7. The first kappa shape index (κ1) is 26.3. The minimum Gasteiger partial charge on any atom is -0.377 e. The average molecular weight is 543 g/mol. The summed E-state index contributed by atoms with van der Waals surface area (Å²) < 4.78 is 20.5. The first-order valence-electron chi connectivity index (χ1n) is 11.0. The molecule has 0 saturated heterocycles. The van der Waals surface area contributed by atoms with Gasteiger partial charge < -0.3 is 28.2 Å². The Labute approximate surface area is 216 Å². The molecule has 2 aromatic heterocycles. The number of hydroxylamine groups is 4. The smallest absolute Gasteiger partial charge is 0.377 e. The van der Waals surface area contributed by atoms with E-state index in [0.717, 1.165) is 0 Å². The second-order valence-corrected chi connectivity index (χ2v) is 8.89. The summed E-state index contributed by atoms with van der Waals surface area (Å²) in [6, 6.07) is 3.39. The molecule has 0 radical (unpaired) electrons. The maximum absolute atomic E-state index is 12.4. The quantitative estimate of drug-likeness (QED) is 0.454. The third-order valence-electron chi connectivity index (χ3n) is 5.39. The third-order valence-corrected chi connectivity index (χ3v) is 6.22. The molecular formula is C22H24Cl2N4O8. The Kier molecular flexibility index (Phi) is 8.77. The lowest BCUT2D eigenvalue weighted by Crippen LogP contribution is -2.40. The Morgan fingerprint density at radius 3 is 1.64 bits per heavy atom. The lowest BCUT2D eigenvalue weighted by molar-refractivity contribution is -0.215. The predicted molar refractivity (Wildman–Crippen MR) is 125 cm³/mol. The van der Waals surface area contributed by atoms with Crippen molar-refractivity contribution in [3.05, 3.63) is 45.1 Å². The molecule has 0 amide bonds. The molecule has 12 nitrogen and oxygen atoms in total. The summed E-state index contributed by atoms with van der Waals surface area (Å²) in [6.07, 6.45) is 0.792. The van der Waals surface area contributed by atoms with E-state index in [1.165, 1.54) is 24.3 Å². The SMILES string of the molecule is COCc1cc(C2=C(Cl)CCN(OC(=O)C(=O)ON3CCC(Cl)=C(c4cc(COC)on4)C3)C2)no1. The van der Waals surface area contributed by atoms with Crippen LogP contribution in [0.1, 0.15) is 35.7 Å². The fraction of sp³-hybridized carbons (Fsp3) is 0.455. The van der Waals surface area contributed by atoms with E-state index in [1.807, 2.05) is 0 Å². The van der Waals surface area contributed by atoms with Crippen LogP contribution >= 0.6 is 23.2 Å². The highest BCUT2D eigenvalue weighted by atomic mass is 35.5. The molecule has 0 unspecified atom stereocenters. The van der Waals surface area contributed by atoms with Gasteiger partial charge in [-0.25, -0.2) is 9.59 Å². The van der Waals surface area contributed by atoms with Gasteiger partial charge in [0.15, 0.2) is 11.5 Å². The zero-order valence-corrected chi connectivity index (χ0v) is 21.1. The maximum atomic E-state index is 12.4. The number of hydrogen-bond donors (Lipinski definition) is 0. The Bertz CT molecular complexity index is 1080. The number of aromatic nitrogens is 2. The summed E-state index contributed by atoms with van der Waals surface area (Å²) in [6.45, 7) is 1.36. The predicted octanol–water partition coefficient (Wildman–Crippen LogP) is 2.88. The lowest BCUT2D eigenvalue weighted by Gasteiger charge is -2.28. The molecule has 4 rings (SSSR count). The van der Waals surface area contributed by atoms with Crippen LogP contribution in [-0.4, -0.2) is 72.8 Å². The zero-order valence-electron chi connectivity index (χ0n) is 19.6. The van der Waals surface area contributed by atoms with Crippen LogP contribution in [0.25, 0.3) is 11.1 Å². The van der Waals surface area contributed by atoms with E-state index >= 15 is 0 Å². The van der Waals surface area contributed by atoms with Gasteiger partial charge in [0.25, 0.3) is 0 Å². The van der Waals surface area contributed by atoms with Gasteiger partial charge >= 0.3 is 11.9 Å². The molecule has 0 aromatic carbocycles. The van der Waals surface area contributed by atoms with Crippen LogP contribution in [-0.2, 0) is 42.0 Å². The highest BCUT2D eigenvalue weighted by Gasteiger charge is 2.31. The Balaban J connectivity index is 1.33. The van der Waals surface area contributed by atoms with Crippen molar-refractivity contribution in [3.8, 4) is 0 Å². The van der Waals surface area contributed by atoms with Gasteiger partial charge in [0.05, 0.1) is 13.1 Å². The van der Waals surface area contributed by atoms with Crippen LogP contribution in [0.2, 0.25) is 0 Å². The number of carbonyl (C=O) groups excluding carboxylic acids is 2. The van der Waals surface area contributed by atoms with Crippen LogP contribution in [0.3, 0.4) is 0 Å². The molecular weight excluding hydrogens is 519 g/mol. The molecule has 0 N–H and O–H groups in total. The lowest BCUT2D eigenvalue weighted by atomic mass is 10.1. The Morgan fingerprint density at radius 2 is 1.25 bits per heavy atom. The summed E-state index contributed by atoms with van der Waals surface area (Å²) >= 11 is 12.7. The van der Waals surface area contributed by atoms with Crippen molar-refractivity contribution in [2.24, 2.45) is 0 Å². The Morgan fingerprint density at radius 1 is 0.833 bits per heavy atom. The van der Waals surface area contributed by atoms with Crippen molar-refractivity contribution in [1.82, 2.24) is 20.4 Å². The molecule has 0 fully saturated rings. The van der Waals surface area contributed by atoms with Crippen molar-refractivity contribution in [2.45, 2.75) is 26.1 Å². The number of hydrogen-bond acceptors (Lipinski definition) is 12. The van der Waals surface area contributed by atoms with E-state index < -0.39 is 11.9 Å². The topological polar surface area (TPSA) is 130 Å². The summed E-state index contributed by atoms with van der Waals surface area (Å²) in [5, 5.41) is 11.7. The average Bonchev–Trinajstić information content (AvgIpc) is 3.52. The van der Waals surface area contributed by atoms with Crippen LogP contribution in [0.5, 0.6) is 0 Å². The van der Waals surface area contributed by atoms with E-state index in [1.54, 1.807) is 12.1 Å². The van der Waals surface area contributed by atoms with Gasteiger partial charge in [0.2, 0.25) is 0 Å². The van der Waals surface area contributed by atoms with Crippen LogP contribution in [0.4, 0.5) is 0 Å². The van der Waals surface area contributed by atoms with E-state index in [-0.39, 0.29) is 26.3 Å². The zero-order chi connectivity index (χ0) is 25.7. The van der Waals surface area contributed by atoms with Crippen molar-refractivity contribution in [2.75, 3.05) is 40.4 Å². The summed E-state index contributed by atoms with van der Waals surface area (Å²) in [5.74, 6) is -1.28. The molecule has 2 aromatic rings. The van der Waals surface area contributed by atoms with Crippen LogP contribution in [0, 0.1) is 0 Å². The molecule has 0 spiro atoms. The largest absolute Gasteiger partial charge is 0.438 e. The highest BCUT2D eigenvalue weighted by Crippen LogP contribution is 2.30. The number of methoxy groups -OCH3 is 2. The molecule has 0 saturated carbocycles. The summed E-state index contributed by atoms with van der Waals surface area (Å²) in [7, 11) is 3.08. The van der Waals surface area contributed by atoms with E-state index in [4.69, 9.17) is 51.4 Å². The van der Waals surface area contributed by atoms with Gasteiger partial charge in [0, 0.05) is 60.7 Å². The molecule has 0 atom stereocenters. The molecule has 194 valence electrons. The van der Waals surface area contributed by atoms with Gasteiger partial charge in [-0.1, -0.05) is 33.5 Å². The van der Waals surface area contributed by atoms with Crippen LogP contribution in [0.15, 0.2) is 31.2 Å². The molecule has 36 heavy (non-hydrogen) atoms. The van der Waals surface area contributed by atoms with Crippen LogP contribution < -0.4 is 0 Å². The van der Waals surface area contributed by atoms with Crippen molar-refractivity contribution in [1.29, 1.82) is 0 Å². The van der Waals surface area contributed by atoms with Crippen molar-refractivity contribution in [3.63, 3.8) is 0 Å². The maximum Gasteiger partial charge on any atom is 0.438 e. The standard InChI is InChI=1S/C22H24Cl2N4O8/c1-31-11-13-7-19(25-33-13)15-9-27(5-3-17(15)23)35-21(29)22(30)36-28-6-4-18(24)16(10-28)20-8-14(12-32-2)34-26-20/h7-8H,3-6,9-12H2,1-2H3. The highest BCUT2D eigenvalue weighted by molar-refractivity contribution is 6.33. The summed E-state index contributed by atoms with van der Waals surface area (Å²) in [4.78, 5) is 35.4. The van der Waals surface area contributed by atoms with E-state index in [9.17, 15) is 9.59 Å². The second-order valence-electron chi connectivity index (χ2n) is 7.97. The molecule has 2 aliphatic heterocycles. The molecule has 0 bridgehead atoms. The minimum absolute atomic E-state index is 0.124. The van der Waals surface area contributed by atoms with E-state index in [0.29, 0.717) is 70.1 Å². The summed E-state index contributed by atoms with van der Waals surface area (Å²) in [5.41, 5.74) is 2.25. The van der Waals surface area contributed by atoms with Gasteiger partial charge in [-0.2, -0.15) is 0 Å². The molecule has 14 heteroatoms. The monoisotopic (exact) mass is 542 g/mol. The number of carbonyl (C=O) groups is 2. The number of nitrogens with zero attached hydrogens (tertiary/aromatic N) is 4. The third kappa shape index (κ3) is 6.33. The second kappa shape index (κ2) is 12.0. The normalized spacial score (nSPS) is 17.6. The Hall–Kier alpha value is -2.74. The fourth-order valence-corrected chi connectivity index (χ4v) is 4.15. The molecule has 0 aliphatic carbocycles. The number of rotatable bonds is 8. The minimum atomic E-state index is -1.17. The van der Waals surface area contributed by atoms with E-state index in [2.05, 4.69) is 10.3 Å². The van der Waals surface area contributed by atoms with Gasteiger partial charge in [-0.05, 0) is 12.8 Å². The van der Waals surface area contributed by atoms with Crippen molar-refractivity contribution < 1.29 is 37.8 Å². The number of ether oxygens (including phenoxy) is 2. The first-order chi connectivity index (χ1) is 17.4. The molecule has 4 heterocycles. The van der Waals surface area contributed by atoms with Gasteiger partial charge in [0.1, 0.15) is 24.6 Å². The van der Waals surface area contributed by atoms with Crippen molar-refractivity contribution >= 4 is 46.3 Å². The molecule has 2 aliphatic rings. The van der Waals surface area contributed by atoms with Gasteiger partial charge in [-0.15, -0.1) is 10.1 Å². The number of halogens is 2.